The molecule has 3 rings (SSSR count). The minimum absolute atomic E-state index is 0. The number of ether oxygens (including phenoxy) is 1. The Kier molecular flexibility index (Phi) is 5.12. The smallest absolute Gasteiger partial charge is 0.242 e. The van der Waals surface area contributed by atoms with Crippen LogP contribution >= 0.6 is 24.2 Å². The highest BCUT2D eigenvalue weighted by atomic mass is 35.5. The summed E-state index contributed by atoms with van der Waals surface area (Å²) in [5, 5.41) is 2.85. The van der Waals surface area contributed by atoms with Crippen molar-refractivity contribution in [2.45, 2.75) is 10.9 Å². The fourth-order valence-electron chi connectivity index (χ4n) is 1.93. The molecule has 6 heteroatoms. The van der Waals surface area contributed by atoms with Crippen LogP contribution in [0.4, 0.5) is 5.69 Å². The number of rotatable bonds is 2. The fourth-order valence-corrected chi connectivity index (χ4v) is 2.91. The van der Waals surface area contributed by atoms with E-state index in [4.69, 9.17) is 10.5 Å². The van der Waals surface area contributed by atoms with Gasteiger partial charge in [-0.1, -0.05) is 24.3 Å². The van der Waals surface area contributed by atoms with E-state index < -0.39 is 6.04 Å². The lowest BCUT2D eigenvalue weighted by molar-refractivity contribution is -0.116. The number of hydrogen-bond donors (Lipinski definition) is 2. The van der Waals surface area contributed by atoms with Crippen molar-refractivity contribution in [2.75, 3.05) is 11.1 Å². The Hall–Kier alpha value is -1.69. The molecule has 4 nitrogen and oxygen atoms in total. The average Bonchev–Trinajstić information content (AvgIpc) is 2.61. The molecule has 110 valence electrons. The second kappa shape index (κ2) is 6.85. The lowest BCUT2D eigenvalue weighted by Gasteiger charge is -2.13. The van der Waals surface area contributed by atoms with Crippen molar-refractivity contribution in [3.05, 3.63) is 48.5 Å². The van der Waals surface area contributed by atoms with Crippen molar-refractivity contribution in [1.82, 2.24) is 0 Å². The summed E-state index contributed by atoms with van der Waals surface area (Å²) in [5.41, 5.74) is 6.48. The highest BCUT2D eigenvalue weighted by Crippen LogP contribution is 2.39. The number of carbonyl (C=O) groups excluding carboxylic acids is 1. The van der Waals surface area contributed by atoms with E-state index in [0.717, 1.165) is 10.6 Å². The number of halogens is 1. The highest BCUT2D eigenvalue weighted by Gasteiger charge is 2.23. The summed E-state index contributed by atoms with van der Waals surface area (Å²) in [7, 11) is 0. The fraction of sp³-hybridized carbons (Fsp3) is 0.133. The van der Waals surface area contributed by atoms with E-state index in [1.807, 2.05) is 48.5 Å². The topological polar surface area (TPSA) is 64.3 Å². The first-order valence-electron chi connectivity index (χ1n) is 6.29. The van der Waals surface area contributed by atoms with Gasteiger partial charge in [-0.25, -0.2) is 0 Å². The van der Waals surface area contributed by atoms with Crippen molar-refractivity contribution in [1.29, 1.82) is 0 Å². The second-order valence-corrected chi connectivity index (χ2v) is 5.51. The van der Waals surface area contributed by atoms with E-state index in [9.17, 15) is 4.79 Å². The third-order valence-corrected chi connectivity index (χ3v) is 4.14. The van der Waals surface area contributed by atoms with Crippen LogP contribution < -0.4 is 15.8 Å². The first-order chi connectivity index (χ1) is 9.74. The SMILES string of the molecule is Cl.N[C@H]1CSc2cccc(Oc3ccccc3)c2NC1=O. The minimum atomic E-state index is -0.503. The van der Waals surface area contributed by atoms with Crippen molar-refractivity contribution in [3.63, 3.8) is 0 Å². The van der Waals surface area contributed by atoms with Gasteiger partial charge in [0, 0.05) is 10.6 Å². The standard InChI is InChI=1S/C15H14N2O2S.ClH/c16-11-9-20-13-8-4-7-12(14(13)17-15(11)18)19-10-5-2-1-3-6-10;/h1-8,11H,9,16H2,(H,17,18);1H/t11-;/m0./s1. The summed E-state index contributed by atoms with van der Waals surface area (Å²) in [6, 6.07) is 14.7. The van der Waals surface area contributed by atoms with Gasteiger partial charge in [0.25, 0.3) is 0 Å². The molecule has 0 spiro atoms. The number of thioether (sulfide) groups is 1. The zero-order valence-corrected chi connectivity index (χ0v) is 12.7. The highest BCUT2D eigenvalue weighted by molar-refractivity contribution is 7.99. The molecule has 0 fully saturated rings. The van der Waals surface area contributed by atoms with E-state index >= 15 is 0 Å². The van der Waals surface area contributed by atoms with E-state index in [0.29, 0.717) is 17.2 Å². The number of benzene rings is 2. The van der Waals surface area contributed by atoms with Gasteiger partial charge in [-0.3, -0.25) is 4.79 Å². The number of amides is 1. The Morgan fingerprint density at radius 1 is 1.14 bits per heavy atom. The van der Waals surface area contributed by atoms with Gasteiger partial charge in [0.2, 0.25) is 5.91 Å². The van der Waals surface area contributed by atoms with Crippen LogP contribution in [0.1, 0.15) is 0 Å². The molecule has 2 aromatic carbocycles. The summed E-state index contributed by atoms with van der Waals surface area (Å²) < 4.78 is 5.85. The van der Waals surface area contributed by atoms with Crippen LogP contribution in [-0.2, 0) is 4.79 Å². The second-order valence-electron chi connectivity index (χ2n) is 4.45. The largest absolute Gasteiger partial charge is 0.455 e. The van der Waals surface area contributed by atoms with Crippen molar-refractivity contribution < 1.29 is 9.53 Å². The van der Waals surface area contributed by atoms with E-state index in [1.54, 1.807) is 11.8 Å². The molecular weight excluding hydrogens is 308 g/mol. The molecule has 0 saturated heterocycles. The van der Waals surface area contributed by atoms with Crippen molar-refractivity contribution in [2.24, 2.45) is 5.73 Å². The Morgan fingerprint density at radius 3 is 2.67 bits per heavy atom. The first kappa shape index (κ1) is 15.7. The number of nitrogens with two attached hydrogens (primary N) is 1. The molecule has 2 aromatic rings. The third-order valence-electron chi connectivity index (χ3n) is 2.96. The number of anilines is 1. The molecule has 1 amide bonds. The average molecular weight is 323 g/mol. The lowest BCUT2D eigenvalue weighted by atomic mass is 10.2. The number of fused-ring (bicyclic) bond motifs is 1. The molecule has 0 bridgehead atoms. The quantitative estimate of drug-likeness (QED) is 0.890. The maximum absolute atomic E-state index is 11.9. The maximum atomic E-state index is 11.9. The Balaban J connectivity index is 0.00000161. The molecular formula is C15H15ClN2O2S. The first-order valence-corrected chi connectivity index (χ1v) is 7.28. The Morgan fingerprint density at radius 2 is 1.90 bits per heavy atom. The lowest BCUT2D eigenvalue weighted by Crippen LogP contribution is -2.36. The van der Waals surface area contributed by atoms with Crippen LogP contribution in [0.25, 0.3) is 0 Å². The molecule has 0 radical (unpaired) electrons. The van der Waals surface area contributed by atoms with E-state index in [-0.39, 0.29) is 18.3 Å². The zero-order valence-electron chi connectivity index (χ0n) is 11.1. The number of hydrogen-bond acceptors (Lipinski definition) is 4. The van der Waals surface area contributed by atoms with Gasteiger partial charge in [0.15, 0.2) is 5.75 Å². The van der Waals surface area contributed by atoms with Crippen LogP contribution in [0.15, 0.2) is 53.4 Å². The molecule has 1 aliphatic heterocycles. The van der Waals surface area contributed by atoms with Crippen LogP contribution in [0.5, 0.6) is 11.5 Å². The third kappa shape index (κ3) is 3.50. The molecule has 21 heavy (non-hydrogen) atoms. The normalized spacial score (nSPS) is 17.0. The molecule has 1 heterocycles. The Labute approximate surface area is 133 Å². The summed E-state index contributed by atoms with van der Waals surface area (Å²) >= 11 is 1.56. The van der Waals surface area contributed by atoms with Gasteiger partial charge in [0.1, 0.15) is 5.75 Å². The van der Waals surface area contributed by atoms with Gasteiger partial charge in [-0.15, -0.1) is 24.2 Å². The Bertz CT molecular complexity index is 637. The van der Waals surface area contributed by atoms with Crippen LogP contribution in [-0.4, -0.2) is 17.7 Å². The van der Waals surface area contributed by atoms with Crippen molar-refractivity contribution >= 4 is 35.8 Å². The van der Waals surface area contributed by atoms with Gasteiger partial charge in [-0.05, 0) is 24.3 Å². The monoisotopic (exact) mass is 322 g/mol. The summed E-state index contributed by atoms with van der Waals surface area (Å²) in [6.07, 6.45) is 0. The van der Waals surface area contributed by atoms with Crippen LogP contribution in [0.2, 0.25) is 0 Å². The maximum Gasteiger partial charge on any atom is 0.242 e. The number of nitrogens with one attached hydrogen (secondary N) is 1. The molecule has 1 atom stereocenters. The molecule has 0 aromatic heterocycles. The molecule has 0 aliphatic carbocycles. The number of carbonyl (C=O) groups is 1. The minimum Gasteiger partial charge on any atom is -0.455 e. The zero-order chi connectivity index (χ0) is 13.9. The van der Waals surface area contributed by atoms with E-state index in [1.165, 1.54) is 0 Å². The summed E-state index contributed by atoms with van der Waals surface area (Å²) in [6.45, 7) is 0. The van der Waals surface area contributed by atoms with Gasteiger partial charge >= 0.3 is 0 Å². The molecule has 0 unspecified atom stereocenters. The predicted molar refractivity (Wildman–Crippen MR) is 87.5 cm³/mol. The van der Waals surface area contributed by atoms with Crippen LogP contribution in [0, 0.1) is 0 Å². The van der Waals surface area contributed by atoms with Gasteiger partial charge < -0.3 is 15.8 Å². The summed E-state index contributed by atoms with van der Waals surface area (Å²) in [4.78, 5) is 12.8. The van der Waals surface area contributed by atoms with Gasteiger partial charge in [0.05, 0.1) is 11.7 Å². The van der Waals surface area contributed by atoms with Crippen LogP contribution in [0.3, 0.4) is 0 Å². The van der Waals surface area contributed by atoms with E-state index in [2.05, 4.69) is 5.32 Å². The van der Waals surface area contributed by atoms with Crippen molar-refractivity contribution in [3.8, 4) is 11.5 Å². The molecule has 1 aliphatic rings. The molecule has 3 N–H and O–H groups in total. The van der Waals surface area contributed by atoms with Gasteiger partial charge in [-0.2, -0.15) is 0 Å². The summed E-state index contributed by atoms with van der Waals surface area (Å²) in [5.74, 6) is 1.74. The predicted octanol–water partition coefficient (Wildman–Crippen LogP) is 3.27. The number of para-hydroxylation sites is 2. The molecule has 0 saturated carbocycles.